The number of amides is 1. The number of ether oxygens (including phenoxy) is 2. The van der Waals surface area contributed by atoms with Crippen LogP contribution in [0, 0.1) is 17.8 Å². The average Bonchev–Trinajstić information content (AvgIpc) is 2.63. The first-order valence-corrected chi connectivity index (χ1v) is 9.35. The van der Waals surface area contributed by atoms with Crippen molar-refractivity contribution >= 4 is 18.0 Å². The molecule has 1 aliphatic heterocycles. The lowest BCUT2D eigenvalue weighted by Gasteiger charge is -2.46. The Kier molecular flexibility index (Phi) is 7.06. The summed E-state index contributed by atoms with van der Waals surface area (Å²) in [5.41, 5.74) is 0.957. The summed E-state index contributed by atoms with van der Waals surface area (Å²) in [6.07, 6.45) is 4.76. The average molecular weight is 367 g/mol. The smallest absolute Gasteiger partial charge is 0.410 e. The highest BCUT2D eigenvalue weighted by Crippen LogP contribution is 2.44. The highest BCUT2D eigenvalue weighted by Gasteiger charge is 2.45. The zero-order chi connectivity index (χ0) is 19.3. The van der Waals surface area contributed by atoms with Crippen molar-refractivity contribution < 1.29 is 29.0 Å². The first kappa shape index (κ1) is 20.3. The number of carbonyl (C=O) groups is 3. The first-order chi connectivity index (χ1) is 12.4. The summed E-state index contributed by atoms with van der Waals surface area (Å²) in [6, 6.07) is -0.629. The molecule has 1 amide bonds. The highest BCUT2D eigenvalue weighted by atomic mass is 16.6. The number of nitrogens with zero attached hydrogens (tertiary/aromatic N) is 1. The predicted octanol–water partition coefficient (Wildman–Crippen LogP) is 2.84. The van der Waals surface area contributed by atoms with Crippen LogP contribution in [0.2, 0.25) is 0 Å². The quantitative estimate of drug-likeness (QED) is 0.593. The van der Waals surface area contributed by atoms with Gasteiger partial charge in [-0.2, -0.15) is 0 Å². The van der Waals surface area contributed by atoms with Crippen molar-refractivity contribution in [3.8, 4) is 0 Å². The summed E-state index contributed by atoms with van der Waals surface area (Å²) >= 11 is 0. The van der Waals surface area contributed by atoms with Crippen molar-refractivity contribution in [2.45, 2.75) is 52.0 Å². The fraction of sp³-hybridized carbons (Fsp3) is 0.737. The Hall–Kier alpha value is -2.05. The number of hydrogen-bond donors (Lipinski definition) is 1. The van der Waals surface area contributed by atoms with Crippen LogP contribution in [-0.2, 0) is 19.1 Å². The van der Waals surface area contributed by atoms with Crippen molar-refractivity contribution in [3.05, 3.63) is 11.6 Å². The van der Waals surface area contributed by atoms with Gasteiger partial charge in [-0.05, 0) is 56.8 Å². The first-order valence-electron chi connectivity index (χ1n) is 9.35. The number of piperidine rings is 1. The van der Waals surface area contributed by atoms with Gasteiger partial charge < -0.3 is 14.6 Å². The van der Waals surface area contributed by atoms with Gasteiger partial charge in [0.1, 0.15) is 6.04 Å². The van der Waals surface area contributed by atoms with Crippen LogP contribution in [0.3, 0.4) is 0 Å². The molecule has 0 aromatic carbocycles. The molecule has 0 aromatic heterocycles. The fourth-order valence-electron chi connectivity index (χ4n) is 4.43. The van der Waals surface area contributed by atoms with E-state index in [9.17, 15) is 14.4 Å². The third kappa shape index (κ3) is 4.56. The molecule has 4 unspecified atom stereocenters. The van der Waals surface area contributed by atoms with Gasteiger partial charge >= 0.3 is 18.0 Å². The number of fused-ring (bicyclic) bond motifs is 1. The summed E-state index contributed by atoms with van der Waals surface area (Å²) in [7, 11) is 1.32. The number of likely N-dealkylation sites (tertiary alicyclic amines) is 1. The summed E-state index contributed by atoms with van der Waals surface area (Å²) in [5.74, 6) is -0.499. The van der Waals surface area contributed by atoms with Gasteiger partial charge in [-0.25, -0.2) is 14.4 Å². The van der Waals surface area contributed by atoms with Gasteiger partial charge in [0.05, 0.1) is 13.7 Å². The summed E-state index contributed by atoms with van der Waals surface area (Å²) in [4.78, 5) is 37.0. The minimum Gasteiger partial charge on any atom is -0.478 e. The standard InChI is InChI=1S/C19H29NO6/c1-4-12(10-17(21)22)13-6-7-14-11-20(19(24)25-3)16(9-15(14)8-13)18(23)26-5-2/h10,13-16H,4-9,11H2,1-3H3,(H,21,22). The molecular weight excluding hydrogens is 338 g/mol. The second kappa shape index (κ2) is 9.05. The lowest BCUT2D eigenvalue weighted by Crippen LogP contribution is -2.55. The van der Waals surface area contributed by atoms with Gasteiger partial charge in [0.2, 0.25) is 0 Å². The lowest BCUT2D eigenvalue weighted by atomic mass is 9.67. The van der Waals surface area contributed by atoms with Gasteiger partial charge in [0, 0.05) is 12.6 Å². The molecule has 0 radical (unpaired) electrons. The molecule has 7 nitrogen and oxygen atoms in total. The molecule has 1 aliphatic carbocycles. The van der Waals surface area contributed by atoms with E-state index in [0.29, 0.717) is 25.3 Å². The molecule has 2 fully saturated rings. The second-order valence-electron chi connectivity index (χ2n) is 7.07. The van der Waals surface area contributed by atoms with Crippen LogP contribution in [0.15, 0.2) is 11.6 Å². The molecule has 0 bridgehead atoms. The molecule has 0 aromatic rings. The monoisotopic (exact) mass is 367 g/mol. The zero-order valence-electron chi connectivity index (χ0n) is 15.8. The molecule has 7 heteroatoms. The molecule has 4 atom stereocenters. The molecule has 1 saturated heterocycles. The predicted molar refractivity (Wildman–Crippen MR) is 94.5 cm³/mol. The Labute approximate surface area is 154 Å². The van der Waals surface area contributed by atoms with Gasteiger partial charge in [-0.15, -0.1) is 0 Å². The maximum absolute atomic E-state index is 12.4. The lowest BCUT2D eigenvalue weighted by molar-refractivity contribution is -0.152. The van der Waals surface area contributed by atoms with E-state index in [4.69, 9.17) is 14.6 Å². The Morgan fingerprint density at radius 3 is 2.46 bits per heavy atom. The largest absolute Gasteiger partial charge is 0.478 e. The van der Waals surface area contributed by atoms with Crippen molar-refractivity contribution in [2.24, 2.45) is 17.8 Å². The Morgan fingerprint density at radius 2 is 1.88 bits per heavy atom. The van der Waals surface area contributed by atoms with Crippen LogP contribution in [0.5, 0.6) is 0 Å². The minimum atomic E-state index is -0.908. The topological polar surface area (TPSA) is 93.1 Å². The van der Waals surface area contributed by atoms with Gasteiger partial charge in [-0.1, -0.05) is 12.5 Å². The number of allylic oxidation sites excluding steroid dienone is 1. The number of hydrogen-bond acceptors (Lipinski definition) is 5. The second-order valence-corrected chi connectivity index (χ2v) is 7.07. The van der Waals surface area contributed by atoms with E-state index < -0.39 is 24.1 Å². The minimum absolute atomic E-state index is 0.227. The van der Waals surface area contributed by atoms with Crippen molar-refractivity contribution in [2.75, 3.05) is 20.3 Å². The van der Waals surface area contributed by atoms with E-state index in [0.717, 1.165) is 24.8 Å². The summed E-state index contributed by atoms with van der Waals surface area (Å²) < 4.78 is 10.0. The van der Waals surface area contributed by atoms with Crippen LogP contribution in [0.25, 0.3) is 0 Å². The molecule has 1 saturated carbocycles. The van der Waals surface area contributed by atoms with Crippen molar-refractivity contribution in [1.82, 2.24) is 4.90 Å². The molecule has 0 spiro atoms. The normalized spacial score (nSPS) is 28.9. The number of esters is 1. The molecule has 1 N–H and O–H groups in total. The Bertz CT molecular complexity index is 572. The number of carboxylic acids is 1. The third-order valence-electron chi connectivity index (χ3n) is 5.68. The van der Waals surface area contributed by atoms with E-state index in [1.54, 1.807) is 6.92 Å². The van der Waals surface area contributed by atoms with Crippen LogP contribution >= 0.6 is 0 Å². The summed E-state index contributed by atoms with van der Waals surface area (Å²) in [6.45, 7) is 4.47. The maximum Gasteiger partial charge on any atom is 0.410 e. The number of carboxylic acid groups (broad SMARTS) is 1. The van der Waals surface area contributed by atoms with E-state index in [1.807, 2.05) is 6.92 Å². The van der Waals surface area contributed by atoms with Crippen molar-refractivity contribution in [3.63, 3.8) is 0 Å². The van der Waals surface area contributed by atoms with Crippen LogP contribution in [-0.4, -0.2) is 54.3 Å². The Morgan fingerprint density at radius 1 is 1.15 bits per heavy atom. The third-order valence-corrected chi connectivity index (χ3v) is 5.68. The molecule has 2 aliphatic rings. The van der Waals surface area contributed by atoms with Crippen LogP contribution in [0.1, 0.15) is 46.0 Å². The van der Waals surface area contributed by atoms with E-state index in [1.165, 1.54) is 18.1 Å². The number of aliphatic carboxylic acids is 1. The molecule has 26 heavy (non-hydrogen) atoms. The molecule has 2 rings (SSSR count). The molecular formula is C19H29NO6. The maximum atomic E-state index is 12.4. The van der Waals surface area contributed by atoms with Crippen LogP contribution < -0.4 is 0 Å². The zero-order valence-corrected chi connectivity index (χ0v) is 15.8. The van der Waals surface area contributed by atoms with Crippen LogP contribution in [0.4, 0.5) is 4.79 Å². The summed E-state index contributed by atoms with van der Waals surface area (Å²) in [5, 5.41) is 9.08. The Balaban J connectivity index is 2.16. The highest BCUT2D eigenvalue weighted by molar-refractivity contribution is 5.82. The van der Waals surface area contributed by atoms with E-state index >= 15 is 0 Å². The van der Waals surface area contributed by atoms with Gasteiger partial charge in [-0.3, -0.25) is 4.90 Å². The number of methoxy groups -OCH3 is 1. The van der Waals surface area contributed by atoms with Crippen molar-refractivity contribution in [1.29, 1.82) is 0 Å². The van der Waals surface area contributed by atoms with Gasteiger partial charge in [0.15, 0.2) is 0 Å². The molecule has 1 heterocycles. The van der Waals surface area contributed by atoms with Gasteiger partial charge in [0.25, 0.3) is 0 Å². The fourth-order valence-corrected chi connectivity index (χ4v) is 4.43. The number of rotatable bonds is 5. The van der Waals surface area contributed by atoms with E-state index in [-0.39, 0.29) is 18.4 Å². The SMILES string of the molecule is CCOC(=O)C1CC2CC(C(=CC(=O)O)CC)CCC2CN1C(=O)OC. The molecule has 146 valence electrons. The van der Waals surface area contributed by atoms with E-state index in [2.05, 4.69) is 0 Å². The number of carbonyl (C=O) groups excluding carboxylic acids is 2.